The van der Waals surface area contributed by atoms with Gasteiger partial charge >= 0.3 is 0 Å². The summed E-state index contributed by atoms with van der Waals surface area (Å²) in [5.41, 5.74) is 16.3. The van der Waals surface area contributed by atoms with Crippen LogP contribution in [0.3, 0.4) is 0 Å². The predicted molar refractivity (Wildman–Crippen MR) is 94.3 cm³/mol. The lowest BCUT2D eigenvalue weighted by Crippen LogP contribution is -2.29. The standard InChI is InChI=1S/C18H22FN5O/c1-9-6-10(19)7-13-12(4-5-22-16(9)13)18(25)24-17(21)14-8-11(20)2-3-15(14)23-24/h6-7,11-12,22H,2-5,8,20-21H2,1H3/t11?,12-/m0/s1. The Balaban J connectivity index is 1.74. The van der Waals surface area contributed by atoms with Gasteiger partial charge in [0, 0.05) is 23.8 Å². The number of carbonyl (C=O) groups is 1. The van der Waals surface area contributed by atoms with E-state index in [-0.39, 0.29) is 17.8 Å². The van der Waals surface area contributed by atoms with Crippen molar-refractivity contribution in [1.82, 2.24) is 9.78 Å². The molecular formula is C18H22FN5O. The first-order chi connectivity index (χ1) is 12.0. The zero-order valence-electron chi connectivity index (χ0n) is 14.2. The number of hydrogen-bond acceptors (Lipinski definition) is 5. The molecule has 0 bridgehead atoms. The molecule has 6 nitrogen and oxygen atoms in total. The van der Waals surface area contributed by atoms with Crippen LogP contribution in [0.15, 0.2) is 12.1 Å². The zero-order chi connectivity index (χ0) is 17.7. The van der Waals surface area contributed by atoms with Crippen molar-refractivity contribution >= 4 is 17.4 Å². The fraction of sp³-hybridized carbons (Fsp3) is 0.444. The Bertz CT molecular complexity index is 860. The van der Waals surface area contributed by atoms with Gasteiger partial charge in [-0.25, -0.2) is 4.39 Å². The van der Waals surface area contributed by atoms with Gasteiger partial charge in [0.15, 0.2) is 0 Å². The molecule has 0 radical (unpaired) electrons. The smallest absolute Gasteiger partial charge is 0.256 e. The summed E-state index contributed by atoms with van der Waals surface area (Å²) in [6.07, 6.45) is 2.80. The van der Waals surface area contributed by atoms with Gasteiger partial charge in [-0.05, 0) is 55.9 Å². The number of benzene rings is 1. The monoisotopic (exact) mass is 343 g/mol. The number of nitrogens with one attached hydrogen (secondary N) is 1. The van der Waals surface area contributed by atoms with Gasteiger partial charge in [-0.2, -0.15) is 9.78 Å². The van der Waals surface area contributed by atoms with E-state index in [9.17, 15) is 9.18 Å². The highest BCUT2D eigenvalue weighted by molar-refractivity contribution is 5.90. The number of anilines is 2. The summed E-state index contributed by atoms with van der Waals surface area (Å²) in [5, 5.41) is 7.72. The van der Waals surface area contributed by atoms with Crippen molar-refractivity contribution in [3.05, 3.63) is 40.3 Å². The second-order valence-corrected chi connectivity index (χ2v) is 7.02. The normalized spacial score (nSPS) is 22.0. The van der Waals surface area contributed by atoms with Crippen molar-refractivity contribution in [3.8, 4) is 0 Å². The first-order valence-corrected chi connectivity index (χ1v) is 8.65. The highest BCUT2D eigenvalue weighted by atomic mass is 19.1. The van der Waals surface area contributed by atoms with Gasteiger partial charge in [0.1, 0.15) is 11.6 Å². The third-order valence-electron chi connectivity index (χ3n) is 5.27. The summed E-state index contributed by atoms with van der Waals surface area (Å²) in [6, 6.07) is 2.96. The lowest BCUT2D eigenvalue weighted by atomic mass is 9.88. The summed E-state index contributed by atoms with van der Waals surface area (Å²) in [7, 11) is 0. The van der Waals surface area contributed by atoms with Crippen molar-refractivity contribution < 1.29 is 9.18 Å². The molecule has 1 unspecified atom stereocenters. The maximum Gasteiger partial charge on any atom is 0.256 e. The molecule has 0 saturated carbocycles. The SMILES string of the molecule is Cc1cc(F)cc2c1NCC[C@@H]2C(=O)n1nc2c(c1N)CC(N)CC2. The fourth-order valence-corrected chi connectivity index (χ4v) is 3.97. The van der Waals surface area contributed by atoms with Crippen LogP contribution >= 0.6 is 0 Å². The number of aromatic nitrogens is 2. The largest absolute Gasteiger partial charge is 0.385 e. The Morgan fingerprint density at radius 2 is 2.20 bits per heavy atom. The van der Waals surface area contributed by atoms with Crippen LogP contribution in [0.4, 0.5) is 15.9 Å². The van der Waals surface area contributed by atoms with Crippen molar-refractivity contribution in [1.29, 1.82) is 0 Å². The van der Waals surface area contributed by atoms with Crippen LogP contribution < -0.4 is 16.8 Å². The van der Waals surface area contributed by atoms with E-state index >= 15 is 0 Å². The number of carbonyl (C=O) groups excluding carboxylic acids is 1. The maximum atomic E-state index is 13.9. The molecule has 2 heterocycles. The third kappa shape index (κ3) is 2.59. The van der Waals surface area contributed by atoms with E-state index in [0.29, 0.717) is 30.8 Å². The molecule has 0 spiro atoms. The molecule has 2 aromatic rings. The van der Waals surface area contributed by atoms with Crippen molar-refractivity contribution in [2.75, 3.05) is 17.6 Å². The zero-order valence-corrected chi connectivity index (χ0v) is 14.2. The van der Waals surface area contributed by atoms with Crippen molar-refractivity contribution in [2.45, 2.75) is 44.6 Å². The van der Waals surface area contributed by atoms with Crippen molar-refractivity contribution in [2.24, 2.45) is 5.73 Å². The number of halogens is 1. The molecule has 1 aliphatic carbocycles. The Hall–Kier alpha value is -2.41. The molecule has 0 fully saturated rings. The fourth-order valence-electron chi connectivity index (χ4n) is 3.97. The lowest BCUT2D eigenvalue weighted by molar-refractivity contribution is 0.0859. The summed E-state index contributed by atoms with van der Waals surface area (Å²) in [4.78, 5) is 13.1. The molecule has 5 N–H and O–H groups in total. The first-order valence-electron chi connectivity index (χ1n) is 8.65. The van der Waals surface area contributed by atoms with Gasteiger partial charge in [-0.1, -0.05) is 0 Å². The van der Waals surface area contributed by atoms with E-state index in [1.807, 2.05) is 6.92 Å². The molecule has 1 aliphatic heterocycles. The van der Waals surface area contributed by atoms with Crippen LogP contribution in [0.5, 0.6) is 0 Å². The van der Waals surface area contributed by atoms with Gasteiger partial charge in [-0.15, -0.1) is 0 Å². The van der Waals surface area contributed by atoms with Crippen LogP contribution in [0.25, 0.3) is 0 Å². The minimum absolute atomic E-state index is 0.0545. The van der Waals surface area contributed by atoms with Crippen LogP contribution in [-0.2, 0) is 12.8 Å². The molecule has 0 amide bonds. The minimum atomic E-state index is -0.456. The summed E-state index contributed by atoms with van der Waals surface area (Å²) < 4.78 is 15.2. The van der Waals surface area contributed by atoms with Gasteiger partial charge in [0.25, 0.3) is 5.91 Å². The second-order valence-electron chi connectivity index (χ2n) is 7.02. The molecule has 4 rings (SSSR count). The molecular weight excluding hydrogens is 321 g/mol. The Kier molecular flexibility index (Phi) is 3.76. The summed E-state index contributed by atoms with van der Waals surface area (Å²) in [6.45, 7) is 2.49. The average molecular weight is 343 g/mol. The van der Waals surface area contributed by atoms with Crippen LogP contribution in [0.2, 0.25) is 0 Å². The third-order valence-corrected chi connectivity index (χ3v) is 5.27. The van der Waals surface area contributed by atoms with Gasteiger partial charge in [-0.3, -0.25) is 4.79 Å². The quantitative estimate of drug-likeness (QED) is 0.735. The molecule has 1 aromatic carbocycles. The Morgan fingerprint density at radius 1 is 1.40 bits per heavy atom. The molecule has 2 aliphatic rings. The molecule has 132 valence electrons. The van der Waals surface area contributed by atoms with E-state index in [0.717, 1.165) is 35.3 Å². The Morgan fingerprint density at radius 3 is 3.00 bits per heavy atom. The van der Waals surface area contributed by atoms with Gasteiger partial charge < -0.3 is 16.8 Å². The van der Waals surface area contributed by atoms with Crippen LogP contribution in [-0.4, -0.2) is 28.3 Å². The number of nitrogen functional groups attached to an aromatic ring is 1. The molecule has 7 heteroatoms. The predicted octanol–water partition coefficient (Wildman–Crippen LogP) is 1.97. The second kappa shape index (κ2) is 5.84. The number of aryl methyl sites for hydroxylation is 2. The number of nitrogens with zero attached hydrogens (tertiary/aromatic N) is 2. The molecule has 2 atom stereocenters. The molecule has 25 heavy (non-hydrogen) atoms. The van der Waals surface area contributed by atoms with Gasteiger partial charge in [0.05, 0.1) is 11.6 Å². The van der Waals surface area contributed by atoms with E-state index in [1.165, 1.54) is 16.8 Å². The van der Waals surface area contributed by atoms with E-state index < -0.39 is 5.92 Å². The van der Waals surface area contributed by atoms with E-state index in [1.54, 1.807) is 0 Å². The Labute approximate surface area is 145 Å². The van der Waals surface area contributed by atoms with Crippen LogP contribution in [0, 0.1) is 12.7 Å². The molecule has 0 saturated heterocycles. The number of fused-ring (bicyclic) bond motifs is 2. The highest BCUT2D eigenvalue weighted by Gasteiger charge is 2.33. The summed E-state index contributed by atoms with van der Waals surface area (Å²) >= 11 is 0. The topological polar surface area (TPSA) is 99.0 Å². The first kappa shape index (κ1) is 16.1. The van der Waals surface area contributed by atoms with E-state index in [4.69, 9.17) is 11.5 Å². The lowest BCUT2D eigenvalue weighted by Gasteiger charge is -2.27. The number of hydrogen-bond donors (Lipinski definition) is 3. The van der Waals surface area contributed by atoms with E-state index in [2.05, 4.69) is 10.4 Å². The average Bonchev–Trinajstić information content (AvgIpc) is 2.90. The minimum Gasteiger partial charge on any atom is -0.385 e. The number of nitrogens with two attached hydrogens (primary N) is 2. The highest BCUT2D eigenvalue weighted by Crippen LogP contribution is 2.36. The summed E-state index contributed by atoms with van der Waals surface area (Å²) in [5.74, 6) is -0.615. The van der Waals surface area contributed by atoms with Gasteiger partial charge in [0.2, 0.25) is 0 Å². The molecule has 1 aromatic heterocycles. The number of rotatable bonds is 1. The maximum absolute atomic E-state index is 13.9. The van der Waals surface area contributed by atoms with Crippen molar-refractivity contribution in [3.63, 3.8) is 0 Å². The van der Waals surface area contributed by atoms with Crippen LogP contribution in [0.1, 0.15) is 45.9 Å².